The Morgan fingerprint density at radius 3 is 2.77 bits per heavy atom. The SMILES string of the molecule is Cc1cc(C(=O)Nc2nc3cc(Cl)ccc3n2C)ccc1F. The average molecular weight is 318 g/mol. The van der Waals surface area contributed by atoms with Gasteiger partial charge in [0.15, 0.2) is 0 Å². The first-order valence-electron chi connectivity index (χ1n) is 6.65. The van der Waals surface area contributed by atoms with Crippen molar-refractivity contribution in [3.05, 3.63) is 58.4 Å². The number of anilines is 1. The summed E-state index contributed by atoms with van der Waals surface area (Å²) >= 11 is 5.94. The fraction of sp³-hybridized carbons (Fsp3) is 0.125. The van der Waals surface area contributed by atoms with E-state index in [2.05, 4.69) is 10.3 Å². The zero-order valence-electron chi connectivity index (χ0n) is 12.0. The number of nitrogens with zero attached hydrogens (tertiary/aromatic N) is 2. The van der Waals surface area contributed by atoms with Crippen LogP contribution in [-0.4, -0.2) is 15.5 Å². The van der Waals surface area contributed by atoms with Gasteiger partial charge in [0, 0.05) is 17.6 Å². The first kappa shape index (κ1) is 14.5. The van der Waals surface area contributed by atoms with Gasteiger partial charge in [-0.05, 0) is 48.9 Å². The molecule has 1 aromatic heterocycles. The molecule has 2 aromatic carbocycles. The third-order valence-electron chi connectivity index (χ3n) is 3.49. The molecule has 0 spiro atoms. The summed E-state index contributed by atoms with van der Waals surface area (Å²) in [6.07, 6.45) is 0. The van der Waals surface area contributed by atoms with Crippen LogP contribution in [0.15, 0.2) is 36.4 Å². The van der Waals surface area contributed by atoms with E-state index in [-0.39, 0.29) is 11.7 Å². The van der Waals surface area contributed by atoms with Gasteiger partial charge in [0.05, 0.1) is 11.0 Å². The number of nitrogens with one attached hydrogen (secondary N) is 1. The van der Waals surface area contributed by atoms with Gasteiger partial charge < -0.3 is 4.57 Å². The van der Waals surface area contributed by atoms with Crippen LogP contribution in [0.2, 0.25) is 5.02 Å². The number of imidazole rings is 1. The van der Waals surface area contributed by atoms with Crippen molar-refractivity contribution in [2.24, 2.45) is 7.05 Å². The molecule has 0 atom stereocenters. The smallest absolute Gasteiger partial charge is 0.257 e. The van der Waals surface area contributed by atoms with Crippen LogP contribution in [0.3, 0.4) is 0 Å². The van der Waals surface area contributed by atoms with Crippen molar-refractivity contribution in [1.29, 1.82) is 0 Å². The first-order chi connectivity index (χ1) is 10.5. The standard InChI is InChI=1S/C16H13ClFN3O/c1-9-7-10(3-5-12(9)18)15(22)20-16-19-13-8-11(17)4-6-14(13)21(16)2/h3-8H,1-2H3,(H,19,20,22). The molecular formula is C16H13ClFN3O. The van der Waals surface area contributed by atoms with Crippen molar-refractivity contribution in [2.45, 2.75) is 6.92 Å². The Kier molecular flexibility index (Phi) is 3.58. The average Bonchev–Trinajstić information content (AvgIpc) is 2.77. The van der Waals surface area contributed by atoms with E-state index in [1.54, 1.807) is 30.7 Å². The van der Waals surface area contributed by atoms with Crippen LogP contribution in [0.1, 0.15) is 15.9 Å². The highest BCUT2D eigenvalue weighted by molar-refractivity contribution is 6.31. The van der Waals surface area contributed by atoms with E-state index in [1.165, 1.54) is 18.2 Å². The molecule has 0 aliphatic carbocycles. The zero-order chi connectivity index (χ0) is 15.9. The fourth-order valence-corrected chi connectivity index (χ4v) is 2.41. The number of carbonyl (C=O) groups is 1. The highest BCUT2D eigenvalue weighted by atomic mass is 35.5. The molecule has 0 aliphatic rings. The van der Waals surface area contributed by atoms with Crippen molar-refractivity contribution in [1.82, 2.24) is 9.55 Å². The molecule has 3 aromatic rings. The lowest BCUT2D eigenvalue weighted by Crippen LogP contribution is -2.15. The van der Waals surface area contributed by atoms with E-state index in [0.717, 1.165) is 5.52 Å². The Hall–Kier alpha value is -2.40. The quantitative estimate of drug-likeness (QED) is 0.778. The molecule has 0 unspecified atom stereocenters. The van der Waals surface area contributed by atoms with E-state index in [4.69, 9.17) is 11.6 Å². The lowest BCUT2D eigenvalue weighted by Gasteiger charge is -2.06. The minimum absolute atomic E-state index is 0.339. The van der Waals surface area contributed by atoms with Gasteiger partial charge in [-0.15, -0.1) is 0 Å². The summed E-state index contributed by atoms with van der Waals surface area (Å²) < 4.78 is 15.0. The Morgan fingerprint density at radius 2 is 2.05 bits per heavy atom. The molecule has 6 heteroatoms. The zero-order valence-corrected chi connectivity index (χ0v) is 12.8. The van der Waals surface area contributed by atoms with Gasteiger partial charge >= 0.3 is 0 Å². The highest BCUT2D eigenvalue weighted by Crippen LogP contribution is 2.22. The summed E-state index contributed by atoms with van der Waals surface area (Å²) in [4.78, 5) is 16.6. The van der Waals surface area contributed by atoms with Crippen molar-refractivity contribution in [2.75, 3.05) is 5.32 Å². The van der Waals surface area contributed by atoms with Crippen molar-refractivity contribution in [3.63, 3.8) is 0 Å². The number of aryl methyl sites for hydroxylation is 2. The fourth-order valence-electron chi connectivity index (χ4n) is 2.24. The molecule has 0 aliphatic heterocycles. The number of fused-ring (bicyclic) bond motifs is 1. The minimum atomic E-state index is -0.340. The molecular weight excluding hydrogens is 305 g/mol. The number of aromatic nitrogens is 2. The maximum Gasteiger partial charge on any atom is 0.257 e. The molecule has 22 heavy (non-hydrogen) atoms. The Balaban J connectivity index is 1.93. The number of amides is 1. The van der Waals surface area contributed by atoms with Crippen LogP contribution in [0.25, 0.3) is 11.0 Å². The molecule has 0 saturated heterocycles. The van der Waals surface area contributed by atoms with Crippen molar-refractivity contribution < 1.29 is 9.18 Å². The molecule has 1 amide bonds. The second kappa shape index (κ2) is 5.42. The molecule has 3 rings (SSSR count). The van der Waals surface area contributed by atoms with E-state index in [1.807, 2.05) is 6.07 Å². The molecule has 0 fully saturated rings. The number of hydrogen-bond donors (Lipinski definition) is 1. The van der Waals surface area contributed by atoms with Crippen LogP contribution in [0.4, 0.5) is 10.3 Å². The van der Waals surface area contributed by atoms with E-state index < -0.39 is 0 Å². The van der Waals surface area contributed by atoms with Gasteiger partial charge in [0.25, 0.3) is 5.91 Å². The van der Waals surface area contributed by atoms with Crippen LogP contribution in [0.5, 0.6) is 0 Å². The predicted molar refractivity (Wildman–Crippen MR) is 84.8 cm³/mol. The van der Waals surface area contributed by atoms with Gasteiger partial charge in [-0.3, -0.25) is 10.1 Å². The van der Waals surface area contributed by atoms with Gasteiger partial charge in [-0.25, -0.2) is 9.37 Å². The molecule has 4 nitrogen and oxygen atoms in total. The second-order valence-corrected chi connectivity index (χ2v) is 5.48. The second-order valence-electron chi connectivity index (χ2n) is 5.05. The lowest BCUT2D eigenvalue weighted by molar-refractivity contribution is 0.102. The third-order valence-corrected chi connectivity index (χ3v) is 3.72. The molecule has 0 radical (unpaired) electrons. The van der Waals surface area contributed by atoms with Crippen LogP contribution < -0.4 is 5.32 Å². The number of carbonyl (C=O) groups excluding carboxylic acids is 1. The molecule has 0 saturated carbocycles. The number of halogens is 2. The third kappa shape index (κ3) is 2.55. The Bertz CT molecular complexity index is 888. The van der Waals surface area contributed by atoms with Gasteiger partial charge in [0.1, 0.15) is 5.82 Å². The maximum atomic E-state index is 13.3. The lowest BCUT2D eigenvalue weighted by atomic mass is 10.1. The Morgan fingerprint density at radius 1 is 1.27 bits per heavy atom. The Labute approximate surface area is 131 Å². The normalized spacial score (nSPS) is 10.9. The minimum Gasteiger partial charge on any atom is -0.313 e. The van der Waals surface area contributed by atoms with Gasteiger partial charge in [-0.2, -0.15) is 0 Å². The first-order valence-corrected chi connectivity index (χ1v) is 7.03. The van der Waals surface area contributed by atoms with Crippen molar-refractivity contribution >= 4 is 34.5 Å². The predicted octanol–water partition coefficient (Wildman–Crippen LogP) is 3.93. The molecule has 112 valence electrons. The van der Waals surface area contributed by atoms with Gasteiger partial charge in [0.2, 0.25) is 5.95 Å². The summed E-state index contributed by atoms with van der Waals surface area (Å²) in [5.74, 6) is -0.272. The van der Waals surface area contributed by atoms with Crippen LogP contribution in [0, 0.1) is 12.7 Å². The van der Waals surface area contributed by atoms with Crippen LogP contribution in [-0.2, 0) is 7.05 Å². The monoisotopic (exact) mass is 317 g/mol. The van der Waals surface area contributed by atoms with Crippen LogP contribution >= 0.6 is 11.6 Å². The largest absolute Gasteiger partial charge is 0.313 e. The summed E-state index contributed by atoms with van der Waals surface area (Å²) in [5.41, 5.74) is 2.35. The van der Waals surface area contributed by atoms with E-state index in [9.17, 15) is 9.18 Å². The molecule has 1 heterocycles. The highest BCUT2D eigenvalue weighted by Gasteiger charge is 2.13. The topological polar surface area (TPSA) is 46.9 Å². The summed E-state index contributed by atoms with van der Waals surface area (Å²) in [6.45, 7) is 1.61. The number of benzene rings is 2. The maximum absolute atomic E-state index is 13.3. The molecule has 0 bridgehead atoms. The number of rotatable bonds is 2. The summed E-state index contributed by atoms with van der Waals surface area (Å²) in [7, 11) is 1.80. The summed E-state index contributed by atoms with van der Waals surface area (Å²) in [5, 5.41) is 3.31. The van der Waals surface area contributed by atoms with E-state index >= 15 is 0 Å². The van der Waals surface area contributed by atoms with Crippen molar-refractivity contribution in [3.8, 4) is 0 Å². The number of hydrogen-bond acceptors (Lipinski definition) is 2. The van der Waals surface area contributed by atoms with Gasteiger partial charge in [-0.1, -0.05) is 11.6 Å². The molecule has 1 N–H and O–H groups in total. The van der Waals surface area contributed by atoms with E-state index in [0.29, 0.717) is 27.6 Å². The summed E-state index contributed by atoms with van der Waals surface area (Å²) in [6, 6.07) is 9.55.